The van der Waals surface area contributed by atoms with Crippen molar-refractivity contribution in [2.75, 3.05) is 26.2 Å². The van der Waals surface area contributed by atoms with Crippen LogP contribution in [0.15, 0.2) is 50.6 Å². The van der Waals surface area contributed by atoms with Gasteiger partial charge in [-0.2, -0.15) is 0 Å². The summed E-state index contributed by atoms with van der Waals surface area (Å²) in [6.45, 7) is 18.8. The molecule has 0 atom stereocenters. The Bertz CT molecular complexity index is 288. The van der Waals surface area contributed by atoms with E-state index in [0.717, 1.165) is 30.7 Å². The molecular formula is C12H20Cl2LiNO8. The van der Waals surface area contributed by atoms with E-state index in [4.69, 9.17) is 37.3 Å². The summed E-state index contributed by atoms with van der Waals surface area (Å²) in [6, 6.07) is 0. The Kier molecular flexibility index (Phi) is 21.4. The average molecular weight is 384 g/mol. The topological polar surface area (TPSA) is 184 Å². The van der Waals surface area contributed by atoms with Crippen LogP contribution in [0.5, 0.6) is 0 Å². The molecule has 0 spiro atoms. The van der Waals surface area contributed by atoms with Crippen molar-refractivity contribution < 1.29 is 81.1 Å². The molecule has 0 heterocycles. The fourth-order valence-electron chi connectivity index (χ4n) is 1.54. The molecule has 0 rings (SSSR count). The number of hydrogen-bond acceptors (Lipinski definition) is 8. The molecule has 12 heteroatoms. The van der Waals surface area contributed by atoms with Gasteiger partial charge in [-0.05, 0) is 24.3 Å². The summed E-state index contributed by atoms with van der Waals surface area (Å²) in [5.74, 6) is 0. The predicted octanol–water partition coefficient (Wildman–Crippen LogP) is -9.96. The van der Waals surface area contributed by atoms with Gasteiger partial charge in [0.25, 0.3) is 0 Å². The molecule has 0 saturated heterocycles. The standard InChI is InChI=1S/C12H20N.2ClHO4.Li/c1-5-9-13(10-6-2,11-7-3)12-8-4;2*2-1(3,4)5;/h5-8H,1-4,9-12H2;2*(H,2,3,4,5);/q+1;;;+1/p-2. The van der Waals surface area contributed by atoms with Crippen LogP contribution in [0.2, 0.25) is 0 Å². The monoisotopic (exact) mass is 383 g/mol. The average Bonchev–Trinajstić information content (AvgIpc) is 2.25. The van der Waals surface area contributed by atoms with Gasteiger partial charge in [0.1, 0.15) is 0 Å². The number of halogens is 2. The Hall–Kier alpha value is -0.223. The molecule has 0 saturated carbocycles. The van der Waals surface area contributed by atoms with Crippen LogP contribution >= 0.6 is 0 Å². The zero-order chi connectivity index (χ0) is 19.2. The van der Waals surface area contributed by atoms with Crippen LogP contribution < -0.4 is 56.1 Å². The Morgan fingerprint density at radius 1 is 0.542 bits per heavy atom. The first kappa shape index (κ1) is 31.5. The number of rotatable bonds is 8. The molecule has 0 aromatic heterocycles. The van der Waals surface area contributed by atoms with Gasteiger partial charge in [-0.3, -0.25) is 0 Å². The summed E-state index contributed by atoms with van der Waals surface area (Å²) in [7, 11) is -9.89. The third-order valence-electron chi connectivity index (χ3n) is 2.07. The van der Waals surface area contributed by atoms with Crippen LogP contribution in [0.25, 0.3) is 0 Å². The molecule has 0 radical (unpaired) electrons. The van der Waals surface area contributed by atoms with Crippen molar-refractivity contribution in [2.45, 2.75) is 0 Å². The fraction of sp³-hybridized carbons (Fsp3) is 0.333. The molecule has 0 aromatic carbocycles. The van der Waals surface area contributed by atoms with Gasteiger partial charge in [-0.15, -0.1) is 20.5 Å². The van der Waals surface area contributed by atoms with Gasteiger partial charge < -0.3 is 4.48 Å². The van der Waals surface area contributed by atoms with Crippen molar-refractivity contribution in [1.82, 2.24) is 0 Å². The second-order valence-corrected chi connectivity index (χ2v) is 5.49. The summed E-state index contributed by atoms with van der Waals surface area (Å²) in [4.78, 5) is 0. The SMILES string of the molecule is C=CC[N+](CC=C)(CC=C)CC=C.[Li+].[O-][Cl+3]([O-])([O-])[O-].[O-][Cl+3]([O-])([O-])[O-]. The summed E-state index contributed by atoms with van der Waals surface area (Å²) < 4.78 is 68.8. The van der Waals surface area contributed by atoms with Crippen molar-refractivity contribution in [1.29, 1.82) is 0 Å². The van der Waals surface area contributed by atoms with Gasteiger partial charge in [-0.25, -0.2) is 37.3 Å². The Morgan fingerprint density at radius 2 is 0.667 bits per heavy atom. The largest absolute Gasteiger partial charge is 1.00 e. The van der Waals surface area contributed by atoms with Gasteiger partial charge in [0.15, 0.2) is 0 Å². The Labute approximate surface area is 158 Å². The molecule has 0 bridgehead atoms. The molecule has 0 fully saturated rings. The molecule has 0 aliphatic heterocycles. The summed E-state index contributed by atoms with van der Waals surface area (Å²) in [5, 5.41) is 0. The maximum Gasteiger partial charge on any atom is 1.00 e. The summed E-state index contributed by atoms with van der Waals surface area (Å²) in [5.41, 5.74) is 0. The molecule has 136 valence electrons. The predicted molar refractivity (Wildman–Crippen MR) is 60.5 cm³/mol. The third kappa shape index (κ3) is 37.8. The van der Waals surface area contributed by atoms with E-state index in [1.54, 1.807) is 0 Å². The quantitative estimate of drug-likeness (QED) is 0.224. The molecule has 0 aliphatic carbocycles. The Balaban J connectivity index is -0.000000151. The van der Waals surface area contributed by atoms with Crippen molar-refractivity contribution in [3.63, 3.8) is 0 Å². The van der Waals surface area contributed by atoms with Crippen LogP contribution in [0.3, 0.4) is 0 Å². The van der Waals surface area contributed by atoms with Crippen molar-refractivity contribution in [3.8, 4) is 0 Å². The molecule has 9 nitrogen and oxygen atoms in total. The van der Waals surface area contributed by atoms with Crippen LogP contribution in [-0.4, -0.2) is 30.7 Å². The molecular weight excluding hydrogens is 364 g/mol. The number of nitrogens with zero attached hydrogens (tertiary/aromatic N) is 1. The maximum absolute atomic E-state index is 8.49. The molecule has 0 N–H and O–H groups in total. The minimum Gasteiger partial charge on any atom is -0.311 e. The number of hydrogen-bond donors (Lipinski definition) is 0. The molecule has 24 heavy (non-hydrogen) atoms. The third-order valence-corrected chi connectivity index (χ3v) is 2.07. The van der Waals surface area contributed by atoms with E-state index in [1.807, 2.05) is 24.3 Å². The van der Waals surface area contributed by atoms with E-state index in [9.17, 15) is 0 Å². The molecule has 0 unspecified atom stereocenters. The maximum atomic E-state index is 8.49. The van der Waals surface area contributed by atoms with Crippen LogP contribution in [-0.2, 0) is 0 Å². The molecule has 0 amide bonds. The first-order valence-electron chi connectivity index (χ1n) is 5.77. The minimum absolute atomic E-state index is 0. The van der Waals surface area contributed by atoms with E-state index >= 15 is 0 Å². The van der Waals surface area contributed by atoms with E-state index in [-0.39, 0.29) is 18.9 Å². The normalized spacial score (nSPS) is 10.7. The second-order valence-electron chi connectivity index (χ2n) is 3.98. The van der Waals surface area contributed by atoms with E-state index in [0.29, 0.717) is 0 Å². The molecule has 0 aromatic rings. The van der Waals surface area contributed by atoms with E-state index in [2.05, 4.69) is 26.3 Å². The first-order chi connectivity index (χ1) is 10.2. The van der Waals surface area contributed by atoms with Crippen molar-refractivity contribution >= 4 is 0 Å². The zero-order valence-corrected chi connectivity index (χ0v) is 14.9. The van der Waals surface area contributed by atoms with Gasteiger partial charge in [-0.1, -0.05) is 26.3 Å². The van der Waals surface area contributed by atoms with Gasteiger partial charge >= 0.3 is 18.9 Å². The van der Waals surface area contributed by atoms with Crippen LogP contribution in [0, 0.1) is 20.5 Å². The van der Waals surface area contributed by atoms with E-state index in [1.165, 1.54) is 0 Å². The van der Waals surface area contributed by atoms with Crippen molar-refractivity contribution in [3.05, 3.63) is 50.6 Å². The summed E-state index contributed by atoms with van der Waals surface area (Å²) >= 11 is 0. The minimum atomic E-state index is -4.94. The smallest absolute Gasteiger partial charge is 0.311 e. The van der Waals surface area contributed by atoms with Crippen LogP contribution in [0.4, 0.5) is 0 Å². The first-order valence-corrected chi connectivity index (χ1v) is 8.23. The molecule has 0 aliphatic rings. The zero-order valence-electron chi connectivity index (χ0n) is 13.4. The second kappa shape index (κ2) is 16.3. The van der Waals surface area contributed by atoms with E-state index < -0.39 is 20.5 Å². The number of quaternary nitrogens is 1. The fourth-order valence-corrected chi connectivity index (χ4v) is 1.54. The summed E-state index contributed by atoms with van der Waals surface area (Å²) in [6.07, 6.45) is 7.76. The Morgan fingerprint density at radius 3 is 0.750 bits per heavy atom. The van der Waals surface area contributed by atoms with Gasteiger partial charge in [0, 0.05) is 0 Å². The van der Waals surface area contributed by atoms with Gasteiger partial charge in [0.05, 0.1) is 26.2 Å². The van der Waals surface area contributed by atoms with Gasteiger partial charge in [0.2, 0.25) is 0 Å². The van der Waals surface area contributed by atoms with Crippen LogP contribution in [0.1, 0.15) is 0 Å². The van der Waals surface area contributed by atoms with Crippen molar-refractivity contribution in [2.24, 2.45) is 0 Å².